The molecular weight excluding hydrogens is 358 g/mol. The fourth-order valence-electron chi connectivity index (χ4n) is 3.24. The number of aliphatic carboxylic acids is 1. The Hall–Kier alpha value is -2.51. The van der Waals surface area contributed by atoms with Crippen molar-refractivity contribution in [2.45, 2.75) is 39.7 Å². The molecule has 1 aromatic carbocycles. The van der Waals surface area contributed by atoms with E-state index in [1.165, 1.54) is 4.90 Å². The number of hydrogen-bond acceptors (Lipinski definition) is 3. The predicted octanol–water partition coefficient (Wildman–Crippen LogP) is 2.43. The van der Waals surface area contributed by atoms with Crippen LogP contribution in [0.5, 0.6) is 0 Å². The van der Waals surface area contributed by atoms with Gasteiger partial charge < -0.3 is 15.3 Å². The highest BCUT2D eigenvalue weighted by molar-refractivity contribution is 5.98. The first-order valence-electron chi connectivity index (χ1n) is 8.84. The lowest BCUT2D eigenvalue weighted by Crippen LogP contribution is -2.56. The van der Waals surface area contributed by atoms with Gasteiger partial charge >= 0.3 is 5.97 Å². The van der Waals surface area contributed by atoms with Gasteiger partial charge in [0.25, 0.3) is 5.91 Å². The Morgan fingerprint density at radius 3 is 2.33 bits per heavy atom. The quantitative estimate of drug-likeness (QED) is 0.819. The van der Waals surface area contributed by atoms with E-state index in [0.717, 1.165) is 18.2 Å². The van der Waals surface area contributed by atoms with E-state index in [2.05, 4.69) is 5.32 Å². The van der Waals surface area contributed by atoms with Crippen LogP contribution in [-0.2, 0) is 9.59 Å². The summed E-state index contributed by atoms with van der Waals surface area (Å²) in [6.07, 6.45) is 0.973. The third-order valence-electron chi connectivity index (χ3n) is 4.93. The summed E-state index contributed by atoms with van der Waals surface area (Å²) in [6, 6.07) is 2.06. The molecule has 0 spiro atoms. The van der Waals surface area contributed by atoms with Gasteiger partial charge in [0.2, 0.25) is 5.91 Å². The SMILES string of the molecule is CC(C)C(NC(=O)c1c(F)cccc1F)C(=O)N1CCCC(C)(C(=O)O)C1. The summed E-state index contributed by atoms with van der Waals surface area (Å²) in [5.74, 6) is -4.84. The Labute approximate surface area is 156 Å². The van der Waals surface area contributed by atoms with Crippen LogP contribution in [-0.4, -0.2) is 46.9 Å². The molecular formula is C19H24F2N2O4. The first-order chi connectivity index (χ1) is 12.6. The molecule has 2 unspecified atom stereocenters. The maximum atomic E-state index is 13.8. The van der Waals surface area contributed by atoms with Crippen LogP contribution < -0.4 is 5.32 Å². The van der Waals surface area contributed by atoms with Gasteiger partial charge in [-0.15, -0.1) is 0 Å². The Morgan fingerprint density at radius 1 is 1.22 bits per heavy atom. The van der Waals surface area contributed by atoms with Crippen LogP contribution in [0.3, 0.4) is 0 Å². The highest BCUT2D eigenvalue weighted by Gasteiger charge is 2.41. The van der Waals surface area contributed by atoms with Crippen LogP contribution in [0.1, 0.15) is 44.0 Å². The van der Waals surface area contributed by atoms with Crippen molar-refractivity contribution in [1.29, 1.82) is 0 Å². The van der Waals surface area contributed by atoms with Gasteiger partial charge in [-0.2, -0.15) is 0 Å². The number of carbonyl (C=O) groups is 3. The van der Waals surface area contributed by atoms with E-state index in [9.17, 15) is 28.3 Å². The summed E-state index contributed by atoms with van der Waals surface area (Å²) in [4.78, 5) is 38.2. The zero-order valence-corrected chi connectivity index (χ0v) is 15.6. The molecule has 148 valence electrons. The van der Waals surface area contributed by atoms with Crippen LogP contribution in [0.4, 0.5) is 8.78 Å². The highest BCUT2D eigenvalue weighted by atomic mass is 19.1. The van der Waals surface area contributed by atoms with Crippen LogP contribution in [0, 0.1) is 23.0 Å². The summed E-state index contributed by atoms with van der Waals surface area (Å²) < 4.78 is 27.7. The molecule has 1 aliphatic rings. The molecule has 1 heterocycles. The molecule has 1 fully saturated rings. The summed E-state index contributed by atoms with van der Waals surface area (Å²) in [5, 5.41) is 11.8. The van der Waals surface area contributed by atoms with Gasteiger partial charge in [-0.25, -0.2) is 8.78 Å². The van der Waals surface area contributed by atoms with Crippen LogP contribution in [0.2, 0.25) is 0 Å². The van der Waals surface area contributed by atoms with Crippen molar-refractivity contribution in [3.05, 3.63) is 35.4 Å². The Bertz CT molecular complexity index is 733. The minimum atomic E-state index is -1.06. The summed E-state index contributed by atoms with van der Waals surface area (Å²) >= 11 is 0. The molecule has 2 atom stereocenters. The third kappa shape index (κ3) is 4.43. The monoisotopic (exact) mass is 382 g/mol. The number of amides is 2. The number of benzene rings is 1. The van der Waals surface area contributed by atoms with Crippen molar-refractivity contribution in [2.75, 3.05) is 13.1 Å². The van der Waals surface area contributed by atoms with Crippen molar-refractivity contribution >= 4 is 17.8 Å². The zero-order valence-electron chi connectivity index (χ0n) is 15.6. The minimum Gasteiger partial charge on any atom is -0.481 e. The number of nitrogens with zero attached hydrogens (tertiary/aromatic N) is 1. The summed E-state index contributed by atoms with van der Waals surface area (Å²) in [7, 11) is 0. The maximum absolute atomic E-state index is 13.8. The van der Waals surface area contributed by atoms with Gasteiger partial charge in [0.1, 0.15) is 23.2 Å². The van der Waals surface area contributed by atoms with E-state index in [1.807, 2.05) is 0 Å². The summed E-state index contributed by atoms with van der Waals surface area (Å²) in [6.45, 7) is 5.36. The fraction of sp³-hybridized carbons (Fsp3) is 0.526. The molecule has 0 aromatic heterocycles. The average molecular weight is 382 g/mol. The van der Waals surface area contributed by atoms with E-state index in [0.29, 0.717) is 19.4 Å². The van der Waals surface area contributed by atoms with E-state index in [1.54, 1.807) is 20.8 Å². The molecule has 2 N–H and O–H groups in total. The lowest BCUT2D eigenvalue weighted by Gasteiger charge is -2.39. The largest absolute Gasteiger partial charge is 0.481 e. The standard InChI is InChI=1S/C19H24F2N2O4/c1-11(2)15(22-16(24)14-12(20)6-4-7-13(14)21)17(25)23-9-5-8-19(3,10-23)18(26)27/h4,6-7,11,15H,5,8-10H2,1-3H3,(H,22,24)(H,26,27). The first-order valence-corrected chi connectivity index (χ1v) is 8.84. The number of piperidine rings is 1. The number of halogens is 2. The second-order valence-electron chi connectivity index (χ2n) is 7.52. The van der Waals surface area contributed by atoms with Gasteiger partial charge in [-0.1, -0.05) is 19.9 Å². The number of likely N-dealkylation sites (tertiary alicyclic amines) is 1. The lowest BCUT2D eigenvalue weighted by molar-refractivity contribution is -0.154. The van der Waals surface area contributed by atoms with Crippen molar-refractivity contribution in [3.8, 4) is 0 Å². The van der Waals surface area contributed by atoms with Crippen molar-refractivity contribution in [3.63, 3.8) is 0 Å². The molecule has 1 saturated heterocycles. The molecule has 6 nitrogen and oxygen atoms in total. The van der Waals surface area contributed by atoms with Crippen molar-refractivity contribution in [1.82, 2.24) is 10.2 Å². The maximum Gasteiger partial charge on any atom is 0.311 e. The predicted molar refractivity (Wildman–Crippen MR) is 94.0 cm³/mol. The molecule has 1 aromatic rings. The van der Waals surface area contributed by atoms with Crippen molar-refractivity contribution < 1.29 is 28.3 Å². The molecule has 1 aliphatic heterocycles. The molecule has 0 saturated carbocycles. The number of carboxylic acid groups (broad SMARTS) is 1. The highest BCUT2D eigenvalue weighted by Crippen LogP contribution is 2.30. The Kier molecular flexibility index (Phi) is 6.18. The molecule has 8 heteroatoms. The van der Waals surface area contributed by atoms with E-state index in [4.69, 9.17) is 0 Å². The second kappa shape index (κ2) is 8.02. The Morgan fingerprint density at radius 2 is 1.81 bits per heavy atom. The van der Waals surface area contributed by atoms with E-state index >= 15 is 0 Å². The molecule has 27 heavy (non-hydrogen) atoms. The number of carboxylic acids is 1. The molecule has 0 radical (unpaired) electrons. The van der Waals surface area contributed by atoms with E-state index < -0.39 is 46.4 Å². The van der Waals surface area contributed by atoms with Gasteiger partial charge in [0.15, 0.2) is 0 Å². The van der Waals surface area contributed by atoms with Gasteiger partial charge in [-0.05, 0) is 37.8 Å². The fourth-order valence-corrected chi connectivity index (χ4v) is 3.24. The van der Waals surface area contributed by atoms with Gasteiger partial charge in [-0.3, -0.25) is 14.4 Å². The minimum absolute atomic E-state index is 0.0221. The number of carbonyl (C=O) groups excluding carboxylic acids is 2. The third-order valence-corrected chi connectivity index (χ3v) is 4.93. The molecule has 0 bridgehead atoms. The zero-order chi connectivity index (χ0) is 20.4. The number of nitrogens with one attached hydrogen (secondary N) is 1. The number of hydrogen-bond donors (Lipinski definition) is 2. The number of rotatable bonds is 5. The summed E-state index contributed by atoms with van der Waals surface area (Å²) in [5.41, 5.74) is -1.80. The smallest absolute Gasteiger partial charge is 0.311 e. The normalized spacial score (nSPS) is 21.0. The first kappa shape index (κ1) is 20.8. The Balaban J connectivity index is 2.21. The van der Waals surface area contributed by atoms with Crippen LogP contribution in [0.15, 0.2) is 18.2 Å². The van der Waals surface area contributed by atoms with Crippen LogP contribution >= 0.6 is 0 Å². The second-order valence-corrected chi connectivity index (χ2v) is 7.52. The van der Waals surface area contributed by atoms with E-state index in [-0.39, 0.29) is 12.5 Å². The lowest BCUT2D eigenvalue weighted by atomic mass is 9.81. The average Bonchev–Trinajstić information content (AvgIpc) is 2.58. The molecule has 2 amide bonds. The topological polar surface area (TPSA) is 86.7 Å². The van der Waals surface area contributed by atoms with Crippen LogP contribution in [0.25, 0.3) is 0 Å². The van der Waals surface area contributed by atoms with Gasteiger partial charge in [0.05, 0.1) is 5.41 Å². The van der Waals surface area contributed by atoms with Crippen molar-refractivity contribution in [2.24, 2.45) is 11.3 Å². The molecule has 2 rings (SSSR count). The molecule has 0 aliphatic carbocycles. The van der Waals surface area contributed by atoms with Gasteiger partial charge in [0, 0.05) is 13.1 Å².